The van der Waals surface area contributed by atoms with Gasteiger partial charge in [-0.25, -0.2) is 0 Å². The van der Waals surface area contributed by atoms with Crippen LogP contribution in [0.2, 0.25) is 0 Å². The molecule has 0 bridgehead atoms. The number of hydrogen-bond donors (Lipinski definition) is 2. The molecule has 2 rings (SSSR count). The molecule has 0 spiro atoms. The van der Waals surface area contributed by atoms with Crippen molar-refractivity contribution in [1.29, 1.82) is 0 Å². The predicted molar refractivity (Wildman–Crippen MR) is 74.5 cm³/mol. The largest absolute Gasteiger partial charge is 0.388 e. The Hall–Kier alpha value is -1.13. The Balaban J connectivity index is 1.80. The first kappa shape index (κ1) is 13.3. The number of aryl methyl sites for hydroxylation is 1. The van der Waals surface area contributed by atoms with E-state index in [4.69, 9.17) is 0 Å². The van der Waals surface area contributed by atoms with Crippen LogP contribution in [-0.2, 0) is 4.79 Å². The van der Waals surface area contributed by atoms with Crippen LogP contribution >= 0.6 is 11.3 Å². The molecule has 2 N–H and O–H groups in total. The third-order valence-corrected chi connectivity index (χ3v) is 4.25. The monoisotopic (exact) mass is 265 g/mol. The number of rotatable bonds is 4. The van der Waals surface area contributed by atoms with Gasteiger partial charge in [0.15, 0.2) is 0 Å². The van der Waals surface area contributed by atoms with Gasteiger partial charge in [-0.2, -0.15) is 0 Å². The number of amides is 1. The van der Waals surface area contributed by atoms with Gasteiger partial charge in [0.25, 0.3) is 0 Å². The summed E-state index contributed by atoms with van der Waals surface area (Å²) in [6, 6.07) is 4.03. The molecule has 1 aliphatic rings. The van der Waals surface area contributed by atoms with Crippen molar-refractivity contribution >= 4 is 23.3 Å². The molecule has 0 atom stereocenters. The van der Waals surface area contributed by atoms with Gasteiger partial charge in [0, 0.05) is 22.4 Å². The van der Waals surface area contributed by atoms with E-state index in [0.717, 1.165) is 30.6 Å². The van der Waals surface area contributed by atoms with Crippen molar-refractivity contribution in [1.82, 2.24) is 5.32 Å². The molecule has 98 valence electrons. The summed E-state index contributed by atoms with van der Waals surface area (Å²) in [5, 5.41) is 12.9. The van der Waals surface area contributed by atoms with E-state index < -0.39 is 5.60 Å². The van der Waals surface area contributed by atoms with Gasteiger partial charge in [-0.15, -0.1) is 11.3 Å². The molecule has 1 aliphatic carbocycles. The fourth-order valence-corrected chi connectivity index (χ4v) is 3.00. The van der Waals surface area contributed by atoms with Crippen molar-refractivity contribution in [3.05, 3.63) is 28.0 Å². The van der Waals surface area contributed by atoms with Crippen LogP contribution in [0.15, 0.2) is 18.2 Å². The SMILES string of the molecule is Cc1ccc(C=CC(=O)NCC2(O)CCCC2)s1. The first-order valence-corrected chi connectivity index (χ1v) is 7.14. The molecule has 18 heavy (non-hydrogen) atoms. The van der Waals surface area contributed by atoms with Crippen LogP contribution in [0.25, 0.3) is 6.08 Å². The van der Waals surface area contributed by atoms with Crippen LogP contribution in [0.1, 0.15) is 35.4 Å². The number of hydrogen-bond acceptors (Lipinski definition) is 3. The van der Waals surface area contributed by atoms with Gasteiger partial charge < -0.3 is 10.4 Å². The number of carbonyl (C=O) groups is 1. The van der Waals surface area contributed by atoms with Crippen molar-refractivity contribution < 1.29 is 9.90 Å². The Morgan fingerprint density at radius 3 is 2.83 bits per heavy atom. The molecule has 1 heterocycles. The molecule has 0 radical (unpaired) electrons. The maximum atomic E-state index is 11.6. The predicted octanol–water partition coefficient (Wildman–Crippen LogP) is 2.49. The summed E-state index contributed by atoms with van der Waals surface area (Å²) in [6.07, 6.45) is 7.03. The van der Waals surface area contributed by atoms with Crippen LogP contribution in [0.5, 0.6) is 0 Å². The molecule has 3 nitrogen and oxygen atoms in total. The van der Waals surface area contributed by atoms with Crippen molar-refractivity contribution in [2.24, 2.45) is 0 Å². The average molecular weight is 265 g/mol. The van der Waals surface area contributed by atoms with Crippen molar-refractivity contribution in [2.45, 2.75) is 38.2 Å². The molecule has 4 heteroatoms. The lowest BCUT2D eigenvalue weighted by Gasteiger charge is -2.21. The van der Waals surface area contributed by atoms with Gasteiger partial charge in [0.05, 0.1) is 5.60 Å². The summed E-state index contributed by atoms with van der Waals surface area (Å²) >= 11 is 1.66. The maximum Gasteiger partial charge on any atom is 0.244 e. The van der Waals surface area contributed by atoms with E-state index in [1.165, 1.54) is 11.0 Å². The van der Waals surface area contributed by atoms with Crippen LogP contribution in [0.4, 0.5) is 0 Å². The standard InChI is InChI=1S/C14H19NO2S/c1-11-4-5-12(18-11)6-7-13(16)15-10-14(17)8-2-3-9-14/h4-7,17H,2-3,8-10H2,1H3,(H,15,16). The van der Waals surface area contributed by atoms with Gasteiger partial charge in [-0.3, -0.25) is 4.79 Å². The Kier molecular flexibility index (Phi) is 4.19. The third-order valence-electron chi connectivity index (χ3n) is 3.29. The highest BCUT2D eigenvalue weighted by atomic mass is 32.1. The third kappa shape index (κ3) is 3.68. The normalized spacial score (nSPS) is 18.3. The number of thiophene rings is 1. The lowest BCUT2D eigenvalue weighted by molar-refractivity contribution is -0.117. The molecule has 1 amide bonds. The first-order valence-electron chi connectivity index (χ1n) is 6.32. The van der Waals surface area contributed by atoms with Crippen molar-refractivity contribution in [3.8, 4) is 0 Å². The van der Waals surface area contributed by atoms with E-state index in [0.29, 0.717) is 6.54 Å². The molecule has 0 unspecified atom stereocenters. The van der Waals surface area contributed by atoms with Gasteiger partial charge in [-0.1, -0.05) is 12.8 Å². The van der Waals surface area contributed by atoms with Crippen LogP contribution in [0.3, 0.4) is 0 Å². The fraction of sp³-hybridized carbons (Fsp3) is 0.500. The quantitative estimate of drug-likeness (QED) is 0.822. The zero-order valence-corrected chi connectivity index (χ0v) is 11.4. The van der Waals surface area contributed by atoms with Gasteiger partial charge in [0.2, 0.25) is 5.91 Å². The molecule has 1 saturated carbocycles. The Morgan fingerprint density at radius 2 is 2.22 bits per heavy atom. The summed E-state index contributed by atoms with van der Waals surface area (Å²) in [4.78, 5) is 13.9. The summed E-state index contributed by atoms with van der Waals surface area (Å²) in [7, 11) is 0. The molecule has 0 aliphatic heterocycles. The van der Waals surface area contributed by atoms with E-state index in [2.05, 4.69) is 5.32 Å². The maximum absolute atomic E-state index is 11.6. The van der Waals surface area contributed by atoms with E-state index in [-0.39, 0.29) is 5.91 Å². The highest BCUT2D eigenvalue weighted by Crippen LogP contribution is 2.28. The Labute approximate surface area is 112 Å². The smallest absolute Gasteiger partial charge is 0.244 e. The van der Waals surface area contributed by atoms with Gasteiger partial charge in [-0.05, 0) is 38.0 Å². The number of nitrogens with one attached hydrogen (secondary N) is 1. The van der Waals surface area contributed by atoms with Gasteiger partial charge in [0.1, 0.15) is 0 Å². The average Bonchev–Trinajstić information content (AvgIpc) is 2.94. The van der Waals surface area contributed by atoms with E-state index in [9.17, 15) is 9.90 Å². The van der Waals surface area contributed by atoms with Gasteiger partial charge >= 0.3 is 0 Å². The zero-order chi connectivity index (χ0) is 13.0. The summed E-state index contributed by atoms with van der Waals surface area (Å²) in [5.74, 6) is -0.138. The molecule has 1 aromatic rings. The summed E-state index contributed by atoms with van der Waals surface area (Å²) in [5.41, 5.74) is -0.678. The Morgan fingerprint density at radius 1 is 1.50 bits per heavy atom. The second-order valence-electron chi connectivity index (χ2n) is 4.93. The lowest BCUT2D eigenvalue weighted by Crippen LogP contribution is -2.40. The van der Waals surface area contributed by atoms with Crippen LogP contribution in [0, 0.1) is 6.92 Å². The lowest BCUT2D eigenvalue weighted by atomic mass is 10.0. The number of aliphatic hydroxyl groups is 1. The van der Waals surface area contributed by atoms with E-state index in [1.807, 2.05) is 25.1 Å². The minimum absolute atomic E-state index is 0.138. The molecular formula is C14H19NO2S. The first-order chi connectivity index (χ1) is 8.57. The topological polar surface area (TPSA) is 49.3 Å². The fourth-order valence-electron chi connectivity index (χ4n) is 2.22. The minimum atomic E-state index is -0.678. The van der Waals surface area contributed by atoms with Crippen LogP contribution in [-0.4, -0.2) is 23.2 Å². The van der Waals surface area contributed by atoms with Crippen LogP contribution < -0.4 is 5.32 Å². The Bertz CT molecular complexity index is 444. The number of carbonyl (C=O) groups excluding carboxylic acids is 1. The molecule has 1 fully saturated rings. The highest BCUT2D eigenvalue weighted by Gasteiger charge is 2.30. The second-order valence-corrected chi connectivity index (χ2v) is 6.25. The highest BCUT2D eigenvalue weighted by molar-refractivity contribution is 7.12. The minimum Gasteiger partial charge on any atom is -0.388 e. The zero-order valence-electron chi connectivity index (χ0n) is 10.6. The molecule has 0 saturated heterocycles. The summed E-state index contributed by atoms with van der Waals surface area (Å²) < 4.78 is 0. The summed E-state index contributed by atoms with van der Waals surface area (Å²) in [6.45, 7) is 2.40. The molecular weight excluding hydrogens is 246 g/mol. The van der Waals surface area contributed by atoms with Crippen molar-refractivity contribution in [3.63, 3.8) is 0 Å². The molecule has 1 aromatic heterocycles. The van der Waals surface area contributed by atoms with Crippen molar-refractivity contribution in [2.75, 3.05) is 6.54 Å². The second kappa shape index (κ2) is 5.67. The molecule has 0 aromatic carbocycles. The van der Waals surface area contributed by atoms with E-state index >= 15 is 0 Å². The van der Waals surface area contributed by atoms with E-state index in [1.54, 1.807) is 11.3 Å².